The van der Waals surface area contributed by atoms with E-state index >= 15 is 0 Å². The molecule has 1 aliphatic heterocycles. The molecule has 1 saturated heterocycles. The van der Waals surface area contributed by atoms with Gasteiger partial charge in [0.25, 0.3) is 0 Å². The molecule has 1 rings (SSSR count). The van der Waals surface area contributed by atoms with Crippen LogP contribution in [0.3, 0.4) is 0 Å². The average Bonchev–Trinajstić information content (AvgIpc) is 2.73. The number of ether oxygens (including phenoxy) is 2. The maximum Gasteiger partial charge on any atom is 0.111 e. The number of aliphatic hydroxyl groups excluding tert-OH is 3. The zero-order valence-electron chi connectivity index (χ0n) is 18.6. The van der Waals surface area contributed by atoms with Crippen LogP contribution in [0.2, 0.25) is 0 Å². The summed E-state index contributed by atoms with van der Waals surface area (Å²) in [7, 11) is 0. The highest BCUT2D eigenvalue weighted by atomic mass is 16.6. The second-order valence-electron chi connectivity index (χ2n) is 8.38. The quantitative estimate of drug-likeness (QED) is 0.227. The van der Waals surface area contributed by atoms with E-state index in [1.807, 2.05) is 0 Å². The van der Waals surface area contributed by atoms with Crippen LogP contribution in [-0.4, -0.2) is 59.6 Å². The van der Waals surface area contributed by atoms with E-state index in [1.54, 1.807) is 0 Å². The summed E-state index contributed by atoms with van der Waals surface area (Å²) in [6.07, 6.45) is 19.2. The molecule has 5 heteroatoms. The monoisotopic (exact) mass is 414 g/mol. The third kappa shape index (κ3) is 12.7. The van der Waals surface area contributed by atoms with E-state index in [-0.39, 0.29) is 13.2 Å². The van der Waals surface area contributed by atoms with E-state index in [1.165, 1.54) is 77.0 Å². The molecule has 0 saturated carbocycles. The summed E-state index contributed by atoms with van der Waals surface area (Å²) in [6, 6.07) is 0. The number of hydrogen-bond donors (Lipinski definition) is 3. The Kier molecular flexibility index (Phi) is 16.8. The summed E-state index contributed by atoms with van der Waals surface area (Å²) < 4.78 is 11.0. The number of allylic oxidation sites excluding steroid dienone is 2. The molecule has 3 N–H and O–H groups in total. The largest absolute Gasteiger partial charge is 0.394 e. The first-order valence-electron chi connectivity index (χ1n) is 12.1. The highest BCUT2D eigenvalue weighted by Crippen LogP contribution is 2.18. The molecule has 5 nitrogen and oxygen atoms in total. The third-order valence-electron chi connectivity index (χ3n) is 5.75. The van der Waals surface area contributed by atoms with Crippen molar-refractivity contribution in [1.29, 1.82) is 0 Å². The van der Waals surface area contributed by atoms with Gasteiger partial charge < -0.3 is 24.8 Å². The van der Waals surface area contributed by atoms with Crippen LogP contribution in [0.4, 0.5) is 0 Å². The van der Waals surface area contributed by atoms with Crippen molar-refractivity contribution in [3.8, 4) is 0 Å². The van der Waals surface area contributed by atoms with E-state index in [0.29, 0.717) is 6.61 Å². The Labute approximate surface area is 178 Å². The Morgan fingerprint density at radius 3 is 1.93 bits per heavy atom. The Morgan fingerprint density at radius 1 is 0.793 bits per heavy atom. The Hall–Kier alpha value is -0.460. The van der Waals surface area contributed by atoms with Crippen LogP contribution in [0.25, 0.3) is 0 Å². The zero-order valence-corrected chi connectivity index (χ0v) is 18.6. The smallest absolute Gasteiger partial charge is 0.111 e. The van der Waals surface area contributed by atoms with E-state index in [4.69, 9.17) is 14.6 Å². The summed E-state index contributed by atoms with van der Waals surface area (Å²) in [5, 5.41) is 28.9. The van der Waals surface area contributed by atoms with Crippen molar-refractivity contribution >= 4 is 0 Å². The lowest BCUT2D eigenvalue weighted by Crippen LogP contribution is -2.55. The lowest BCUT2D eigenvalue weighted by molar-refractivity contribution is -0.208. The van der Waals surface area contributed by atoms with Gasteiger partial charge in [0.15, 0.2) is 0 Å². The molecule has 0 aromatic rings. The number of hydrogen-bond acceptors (Lipinski definition) is 5. The van der Waals surface area contributed by atoms with Gasteiger partial charge in [-0.1, -0.05) is 76.9 Å². The summed E-state index contributed by atoms with van der Waals surface area (Å²) >= 11 is 0. The van der Waals surface area contributed by atoms with Crippen molar-refractivity contribution in [3.05, 3.63) is 12.2 Å². The molecule has 0 unspecified atom stereocenters. The van der Waals surface area contributed by atoms with Crippen LogP contribution < -0.4 is 0 Å². The fourth-order valence-corrected chi connectivity index (χ4v) is 3.75. The van der Waals surface area contributed by atoms with Gasteiger partial charge in [0.1, 0.15) is 24.4 Å². The minimum Gasteiger partial charge on any atom is -0.394 e. The molecule has 29 heavy (non-hydrogen) atoms. The second kappa shape index (κ2) is 18.3. The van der Waals surface area contributed by atoms with E-state index < -0.39 is 24.4 Å². The predicted octanol–water partition coefficient (Wildman–Crippen LogP) is 4.52. The maximum absolute atomic E-state index is 10.0. The molecule has 172 valence electrons. The third-order valence-corrected chi connectivity index (χ3v) is 5.75. The number of unbranched alkanes of at least 4 members (excludes halogenated alkanes) is 12. The first kappa shape index (κ1) is 26.6. The molecule has 0 bridgehead atoms. The second-order valence-corrected chi connectivity index (χ2v) is 8.38. The summed E-state index contributed by atoms with van der Waals surface area (Å²) in [5.74, 6) is 0. The molecule has 1 fully saturated rings. The lowest BCUT2D eigenvalue weighted by atomic mass is 10.0. The summed E-state index contributed by atoms with van der Waals surface area (Å²) in [4.78, 5) is 0. The molecule has 0 amide bonds. The molecule has 0 aromatic heterocycles. The lowest BCUT2D eigenvalue weighted by Gasteiger charge is -2.36. The molecule has 1 aliphatic rings. The van der Waals surface area contributed by atoms with E-state index in [0.717, 1.165) is 12.8 Å². The minimum atomic E-state index is -1.08. The molecule has 0 aliphatic carbocycles. The predicted molar refractivity (Wildman–Crippen MR) is 118 cm³/mol. The summed E-state index contributed by atoms with van der Waals surface area (Å²) in [6.45, 7) is 2.76. The number of aliphatic hydroxyl groups is 3. The first-order valence-corrected chi connectivity index (χ1v) is 12.1. The van der Waals surface area contributed by atoms with Crippen LogP contribution in [0, 0.1) is 0 Å². The minimum absolute atomic E-state index is 0.220. The summed E-state index contributed by atoms with van der Waals surface area (Å²) in [5.41, 5.74) is 0. The van der Waals surface area contributed by atoms with Crippen LogP contribution >= 0.6 is 0 Å². The first-order chi connectivity index (χ1) is 14.2. The number of rotatable bonds is 18. The highest BCUT2D eigenvalue weighted by Gasteiger charge is 2.38. The van der Waals surface area contributed by atoms with Crippen molar-refractivity contribution in [2.75, 3.05) is 19.8 Å². The molecule has 1 heterocycles. The van der Waals surface area contributed by atoms with Crippen molar-refractivity contribution in [3.63, 3.8) is 0 Å². The van der Waals surface area contributed by atoms with Gasteiger partial charge >= 0.3 is 0 Å². The molecular weight excluding hydrogens is 368 g/mol. The van der Waals surface area contributed by atoms with Gasteiger partial charge in [-0.15, -0.1) is 0 Å². The Morgan fingerprint density at radius 2 is 1.34 bits per heavy atom. The van der Waals surface area contributed by atoms with Gasteiger partial charge in [0, 0.05) is 6.61 Å². The SMILES string of the molecule is CCCCCC/C=C/CCCCCCCCCCO[C@H]1CO[C@H](CO)[C@@H](O)[C@@H]1O. The fraction of sp³-hybridized carbons (Fsp3) is 0.917. The van der Waals surface area contributed by atoms with Crippen LogP contribution in [-0.2, 0) is 9.47 Å². The molecular formula is C24H46O5. The highest BCUT2D eigenvalue weighted by molar-refractivity contribution is 4.87. The van der Waals surface area contributed by atoms with Crippen molar-refractivity contribution in [1.82, 2.24) is 0 Å². The molecule has 0 radical (unpaired) electrons. The van der Waals surface area contributed by atoms with Gasteiger partial charge in [0.2, 0.25) is 0 Å². The van der Waals surface area contributed by atoms with E-state index in [9.17, 15) is 10.2 Å². The average molecular weight is 415 g/mol. The maximum atomic E-state index is 10.0. The molecule has 4 atom stereocenters. The van der Waals surface area contributed by atoms with E-state index in [2.05, 4.69) is 19.1 Å². The van der Waals surface area contributed by atoms with Crippen molar-refractivity contribution in [2.24, 2.45) is 0 Å². The molecule has 0 aromatic carbocycles. The standard InChI is InChI=1S/C24H46O5/c1-2-3-4-5-6-7-8-9-10-11-12-13-14-15-16-17-18-28-22-20-29-21(19-25)23(26)24(22)27/h7-8,21-27H,2-6,9-20H2,1H3/b8-7+/t21-,22+,23-,24-/m1/s1. The van der Waals surface area contributed by atoms with Gasteiger partial charge in [-0.25, -0.2) is 0 Å². The van der Waals surface area contributed by atoms with Crippen molar-refractivity contribution < 1.29 is 24.8 Å². The Bertz CT molecular complexity index is 387. The van der Waals surface area contributed by atoms with Gasteiger partial charge in [-0.3, -0.25) is 0 Å². The molecule has 0 spiro atoms. The van der Waals surface area contributed by atoms with Gasteiger partial charge in [0.05, 0.1) is 13.2 Å². The van der Waals surface area contributed by atoms with Gasteiger partial charge in [-0.2, -0.15) is 0 Å². The Balaban J connectivity index is 1.83. The van der Waals surface area contributed by atoms with Crippen molar-refractivity contribution in [2.45, 2.75) is 121 Å². The topological polar surface area (TPSA) is 79.2 Å². The fourth-order valence-electron chi connectivity index (χ4n) is 3.75. The van der Waals surface area contributed by atoms with Gasteiger partial charge in [-0.05, 0) is 32.1 Å². The van der Waals surface area contributed by atoms with Crippen LogP contribution in [0.1, 0.15) is 96.8 Å². The zero-order chi connectivity index (χ0) is 21.2. The van der Waals surface area contributed by atoms with Crippen LogP contribution in [0.15, 0.2) is 12.2 Å². The normalized spacial score (nSPS) is 25.1. The van der Waals surface area contributed by atoms with Crippen LogP contribution in [0.5, 0.6) is 0 Å².